The molecule has 0 aliphatic carbocycles. The van der Waals surface area contributed by atoms with Crippen molar-refractivity contribution in [2.45, 2.75) is 31.1 Å². The van der Waals surface area contributed by atoms with Gasteiger partial charge in [-0.3, -0.25) is 9.10 Å². The van der Waals surface area contributed by atoms with E-state index in [1.807, 2.05) is 20.8 Å². The average molecular weight is 388 g/mol. The lowest BCUT2D eigenvalue weighted by Gasteiger charge is -2.21. The largest absolute Gasteiger partial charge is 0.494 e. The van der Waals surface area contributed by atoms with Crippen molar-refractivity contribution in [1.82, 2.24) is 0 Å². The fraction of sp³-hybridized carbons (Fsp3) is 0.350. The Bertz CT molecular complexity index is 982. The van der Waals surface area contributed by atoms with Gasteiger partial charge in [0.05, 0.1) is 22.6 Å². The van der Waals surface area contributed by atoms with Gasteiger partial charge in [0.25, 0.3) is 10.0 Å². The highest BCUT2D eigenvalue weighted by atomic mass is 32.2. The van der Waals surface area contributed by atoms with Crippen LogP contribution in [-0.4, -0.2) is 35.0 Å². The SMILES string of the molecule is CCOc1ccc(N(C)S(=O)(=O)c2ccc3c(c2)C(C)(C)C(=O)N3C)cc1. The van der Waals surface area contributed by atoms with Crippen LogP contribution in [0.15, 0.2) is 47.4 Å². The first-order valence-corrected chi connectivity index (χ1v) is 10.2. The van der Waals surface area contributed by atoms with Crippen LogP contribution in [0, 0.1) is 0 Å². The third-order valence-corrected chi connectivity index (χ3v) is 6.79. The molecule has 0 unspecified atom stereocenters. The van der Waals surface area contributed by atoms with Gasteiger partial charge in [0.15, 0.2) is 0 Å². The molecule has 144 valence electrons. The predicted octanol–water partition coefficient (Wildman–Crippen LogP) is 3.16. The second kappa shape index (κ2) is 6.56. The van der Waals surface area contributed by atoms with Crippen LogP contribution in [0.1, 0.15) is 26.3 Å². The van der Waals surface area contributed by atoms with Crippen molar-refractivity contribution in [2.75, 3.05) is 29.9 Å². The second-order valence-corrected chi connectivity index (χ2v) is 9.04. The molecular formula is C20H24N2O4S. The van der Waals surface area contributed by atoms with Crippen LogP contribution in [-0.2, 0) is 20.2 Å². The molecule has 0 aromatic heterocycles. The average Bonchev–Trinajstić information content (AvgIpc) is 2.82. The summed E-state index contributed by atoms with van der Waals surface area (Å²) in [5.74, 6) is 0.639. The fourth-order valence-corrected chi connectivity index (χ4v) is 4.55. The summed E-state index contributed by atoms with van der Waals surface area (Å²) in [4.78, 5) is 14.2. The van der Waals surface area contributed by atoms with Gasteiger partial charge < -0.3 is 9.64 Å². The lowest BCUT2D eigenvalue weighted by atomic mass is 9.86. The molecule has 27 heavy (non-hydrogen) atoms. The quantitative estimate of drug-likeness (QED) is 0.789. The molecule has 0 N–H and O–H groups in total. The molecule has 0 atom stereocenters. The molecule has 2 aromatic carbocycles. The highest BCUT2D eigenvalue weighted by Crippen LogP contribution is 2.42. The lowest BCUT2D eigenvalue weighted by molar-refractivity contribution is -0.121. The summed E-state index contributed by atoms with van der Waals surface area (Å²) in [6.07, 6.45) is 0. The summed E-state index contributed by atoms with van der Waals surface area (Å²) in [7, 11) is -0.542. The van der Waals surface area contributed by atoms with E-state index in [1.54, 1.807) is 54.4 Å². The van der Waals surface area contributed by atoms with Crippen LogP contribution < -0.4 is 13.9 Å². The zero-order valence-electron chi connectivity index (χ0n) is 16.2. The Morgan fingerprint density at radius 3 is 2.33 bits per heavy atom. The van der Waals surface area contributed by atoms with Crippen molar-refractivity contribution in [3.8, 4) is 5.75 Å². The number of benzene rings is 2. The van der Waals surface area contributed by atoms with E-state index >= 15 is 0 Å². The van der Waals surface area contributed by atoms with Crippen molar-refractivity contribution in [3.63, 3.8) is 0 Å². The number of ether oxygens (including phenoxy) is 1. The summed E-state index contributed by atoms with van der Waals surface area (Å²) in [5.41, 5.74) is 1.24. The van der Waals surface area contributed by atoms with E-state index in [0.717, 1.165) is 11.3 Å². The fourth-order valence-electron chi connectivity index (χ4n) is 3.33. The maximum Gasteiger partial charge on any atom is 0.264 e. The molecule has 0 spiro atoms. The van der Waals surface area contributed by atoms with Crippen LogP contribution in [0.5, 0.6) is 5.75 Å². The standard InChI is InChI=1S/C20H24N2O4S/c1-6-26-15-9-7-14(8-10-15)22(5)27(24,25)16-11-12-18-17(13-16)20(2,3)19(23)21(18)4/h7-13H,6H2,1-5H3. The minimum Gasteiger partial charge on any atom is -0.494 e. The number of amides is 1. The van der Waals surface area contributed by atoms with Gasteiger partial charge in [0, 0.05) is 19.8 Å². The molecule has 0 saturated carbocycles. The van der Waals surface area contributed by atoms with E-state index in [9.17, 15) is 13.2 Å². The Kier molecular flexibility index (Phi) is 4.67. The Hall–Kier alpha value is -2.54. The molecule has 2 aromatic rings. The number of sulfonamides is 1. The molecule has 1 aliphatic rings. The van der Waals surface area contributed by atoms with E-state index in [2.05, 4.69) is 0 Å². The van der Waals surface area contributed by atoms with E-state index in [1.165, 1.54) is 11.4 Å². The normalized spacial score (nSPS) is 15.6. The zero-order chi connectivity index (χ0) is 20.0. The van der Waals surface area contributed by atoms with Crippen LogP contribution in [0.25, 0.3) is 0 Å². The van der Waals surface area contributed by atoms with Gasteiger partial charge in [-0.05, 0) is 68.8 Å². The number of carbonyl (C=O) groups excluding carboxylic acids is 1. The molecule has 3 rings (SSSR count). The molecule has 0 radical (unpaired) electrons. The first-order valence-electron chi connectivity index (χ1n) is 8.75. The Morgan fingerprint density at radius 2 is 1.74 bits per heavy atom. The third-order valence-electron chi connectivity index (χ3n) is 5.01. The van der Waals surface area contributed by atoms with Crippen LogP contribution >= 0.6 is 0 Å². The molecule has 0 saturated heterocycles. The first-order chi connectivity index (χ1) is 12.6. The topological polar surface area (TPSA) is 66.9 Å². The number of hydrogen-bond acceptors (Lipinski definition) is 4. The molecule has 0 bridgehead atoms. The van der Waals surface area contributed by atoms with Gasteiger partial charge in [-0.15, -0.1) is 0 Å². The molecule has 7 heteroatoms. The van der Waals surface area contributed by atoms with E-state index in [0.29, 0.717) is 18.0 Å². The summed E-state index contributed by atoms with van der Waals surface area (Å²) in [5, 5.41) is 0. The van der Waals surface area contributed by atoms with Gasteiger partial charge in [-0.1, -0.05) is 0 Å². The number of likely N-dealkylation sites (N-methyl/N-ethyl adjacent to an activating group) is 1. The summed E-state index contributed by atoms with van der Waals surface area (Å²) >= 11 is 0. The summed E-state index contributed by atoms with van der Waals surface area (Å²) < 4.78 is 32.9. The van der Waals surface area contributed by atoms with Crippen molar-refractivity contribution in [2.24, 2.45) is 0 Å². The number of fused-ring (bicyclic) bond motifs is 1. The maximum absolute atomic E-state index is 13.1. The first kappa shape index (κ1) is 19.2. The van der Waals surface area contributed by atoms with Crippen LogP contribution in [0.2, 0.25) is 0 Å². The van der Waals surface area contributed by atoms with Crippen molar-refractivity contribution in [1.29, 1.82) is 0 Å². The Labute approximate surface area is 160 Å². The van der Waals surface area contributed by atoms with E-state index < -0.39 is 15.4 Å². The molecule has 0 fully saturated rings. The van der Waals surface area contributed by atoms with Gasteiger partial charge >= 0.3 is 0 Å². The van der Waals surface area contributed by atoms with Gasteiger partial charge in [-0.25, -0.2) is 8.42 Å². The summed E-state index contributed by atoms with van der Waals surface area (Å²) in [6.45, 7) is 6.06. The Balaban J connectivity index is 1.98. The van der Waals surface area contributed by atoms with Gasteiger partial charge in [0.2, 0.25) is 5.91 Å². The minimum absolute atomic E-state index is 0.0492. The van der Waals surface area contributed by atoms with Crippen molar-refractivity contribution < 1.29 is 17.9 Å². The predicted molar refractivity (Wildman–Crippen MR) is 106 cm³/mol. The number of hydrogen-bond donors (Lipinski definition) is 0. The number of rotatable bonds is 5. The second-order valence-electron chi connectivity index (χ2n) is 7.07. The molecule has 1 aliphatic heterocycles. The van der Waals surface area contributed by atoms with Crippen molar-refractivity contribution >= 4 is 27.3 Å². The number of anilines is 2. The molecule has 1 amide bonds. The Morgan fingerprint density at radius 1 is 1.11 bits per heavy atom. The highest BCUT2D eigenvalue weighted by molar-refractivity contribution is 7.92. The molecule has 1 heterocycles. The smallest absolute Gasteiger partial charge is 0.264 e. The van der Waals surface area contributed by atoms with E-state index in [-0.39, 0.29) is 10.8 Å². The van der Waals surface area contributed by atoms with Gasteiger partial charge in [-0.2, -0.15) is 0 Å². The number of carbonyl (C=O) groups is 1. The monoisotopic (exact) mass is 388 g/mol. The molecule has 6 nitrogen and oxygen atoms in total. The third kappa shape index (κ3) is 3.06. The number of nitrogens with zero attached hydrogens (tertiary/aromatic N) is 2. The van der Waals surface area contributed by atoms with Crippen LogP contribution in [0.4, 0.5) is 11.4 Å². The maximum atomic E-state index is 13.1. The van der Waals surface area contributed by atoms with Crippen LogP contribution in [0.3, 0.4) is 0 Å². The lowest BCUT2D eigenvalue weighted by Crippen LogP contribution is -2.33. The van der Waals surface area contributed by atoms with Crippen molar-refractivity contribution in [3.05, 3.63) is 48.0 Å². The zero-order valence-corrected chi connectivity index (χ0v) is 17.0. The highest BCUT2D eigenvalue weighted by Gasteiger charge is 2.43. The van der Waals surface area contributed by atoms with E-state index in [4.69, 9.17) is 4.74 Å². The summed E-state index contributed by atoms with van der Waals surface area (Å²) in [6, 6.07) is 11.7. The minimum atomic E-state index is -3.76. The molecular weight excluding hydrogens is 364 g/mol. The van der Waals surface area contributed by atoms with Gasteiger partial charge in [0.1, 0.15) is 5.75 Å².